The van der Waals surface area contributed by atoms with E-state index in [1.54, 1.807) is 6.07 Å². The van der Waals surface area contributed by atoms with E-state index >= 15 is 0 Å². The molecule has 4 heteroatoms. The van der Waals surface area contributed by atoms with E-state index in [0.717, 1.165) is 22.2 Å². The predicted molar refractivity (Wildman–Crippen MR) is 84.9 cm³/mol. The number of nitrogens with one attached hydrogen (secondary N) is 1. The zero-order valence-corrected chi connectivity index (χ0v) is 13.4. The number of fused-ring (bicyclic) bond motifs is 1. The van der Waals surface area contributed by atoms with Gasteiger partial charge in [0.25, 0.3) is 0 Å². The van der Waals surface area contributed by atoms with E-state index in [1.807, 2.05) is 31.2 Å². The van der Waals surface area contributed by atoms with Gasteiger partial charge < -0.3 is 10.1 Å². The van der Waals surface area contributed by atoms with Crippen molar-refractivity contribution in [2.75, 3.05) is 6.61 Å². The summed E-state index contributed by atoms with van der Waals surface area (Å²) >= 11 is 3.40. The molecule has 2 aromatic rings. The molecule has 0 bridgehead atoms. The van der Waals surface area contributed by atoms with Crippen LogP contribution in [0.4, 0.5) is 4.39 Å². The zero-order valence-electron chi connectivity index (χ0n) is 11.8. The van der Waals surface area contributed by atoms with Gasteiger partial charge in [0.05, 0.1) is 6.61 Å². The van der Waals surface area contributed by atoms with Crippen LogP contribution in [0, 0.1) is 5.82 Å². The fraction of sp³-hybridized carbons (Fsp3) is 0.294. The Morgan fingerprint density at radius 1 is 1.29 bits per heavy atom. The van der Waals surface area contributed by atoms with Crippen LogP contribution in [-0.4, -0.2) is 6.61 Å². The Morgan fingerprint density at radius 3 is 2.95 bits per heavy atom. The van der Waals surface area contributed by atoms with Crippen LogP contribution in [0.3, 0.4) is 0 Å². The quantitative estimate of drug-likeness (QED) is 0.862. The first-order valence-corrected chi connectivity index (χ1v) is 7.87. The number of hydrogen-bond donors (Lipinski definition) is 1. The second-order valence-electron chi connectivity index (χ2n) is 5.28. The van der Waals surface area contributed by atoms with Crippen molar-refractivity contribution in [3.8, 4) is 5.75 Å². The van der Waals surface area contributed by atoms with Gasteiger partial charge in [-0.05, 0) is 31.2 Å². The van der Waals surface area contributed by atoms with Crippen molar-refractivity contribution in [2.24, 2.45) is 0 Å². The van der Waals surface area contributed by atoms with Crippen LogP contribution in [-0.2, 0) is 0 Å². The second-order valence-corrected chi connectivity index (χ2v) is 6.20. The molecule has 1 heterocycles. The Bertz CT molecular complexity index is 646. The monoisotopic (exact) mass is 349 g/mol. The van der Waals surface area contributed by atoms with Crippen molar-refractivity contribution in [3.63, 3.8) is 0 Å². The summed E-state index contributed by atoms with van der Waals surface area (Å²) in [6.07, 6.45) is 0.886. The normalized spacial score (nSPS) is 18.7. The Balaban J connectivity index is 1.82. The molecule has 0 saturated carbocycles. The molecule has 2 atom stereocenters. The molecular formula is C17H17BrFNO. The highest BCUT2D eigenvalue weighted by molar-refractivity contribution is 9.10. The SMILES string of the molecule is CC(NC1CCOc2ccccc21)c1cc(Br)ccc1F. The molecule has 2 unspecified atom stereocenters. The third-order valence-corrected chi connectivity index (χ3v) is 4.33. The molecule has 21 heavy (non-hydrogen) atoms. The Labute approximate surface area is 132 Å². The highest BCUT2D eigenvalue weighted by atomic mass is 79.9. The molecule has 1 aliphatic rings. The minimum atomic E-state index is -0.182. The van der Waals surface area contributed by atoms with Crippen molar-refractivity contribution < 1.29 is 9.13 Å². The average Bonchev–Trinajstić information content (AvgIpc) is 2.50. The molecule has 0 radical (unpaired) electrons. The van der Waals surface area contributed by atoms with Crippen molar-refractivity contribution in [1.82, 2.24) is 5.32 Å². The summed E-state index contributed by atoms with van der Waals surface area (Å²) in [5.41, 5.74) is 1.82. The lowest BCUT2D eigenvalue weighted by Crippen LogP contribution is -2.29. The molecule has 2 aromatic carbocycles. The molecule has 1 aliphatic heterocycles. The summed E-state index contributed by atoms with van der Waals surface area (Å²) in [7, 11) is 0. The van der Waals surface area contributed by atoms with Gasteiger partial charge in [-0.1, -0.05) is 34.1 Å². The smallest absolute Gasteiger partial charge is 0.128 e. The van der Waals surface area contributed by atoms with Crippen molar-refractivity contribution >= 4 is 15.9 Å². The van der Waals surface area contributed by atoms with Crippen LogP contribution < -0.4 is 10.1 Å². The lowest BCUT2D eigenvalue weighted by Gasteiger charge is -2.29. The van der Waals surface area contributed by atoms with Gasteiger partial charge in [0.2, 0.25) is 0 Å². The van der Waals surface area contributed by atoms with Crippen LogP contribution in [0.5, 0.6) is 5.75 Å². The molecule has 0 aromatic heterocycles. The Hall–Kier alpha value is -1.39. The fourth-order valence-corrected chi connectivity index (χ4v) is 3.13. The molecule has 3 rings (SSSR count). The Kier molecular flexibility index (Phi) is 4.27. The molecular weight excluding hydrogens is 333 g/mol. The number of para-hydroxylation sites is 1. The number of benzene rings is 2. The summed E-state index contributed by atoms with van der Waals surface area (Å²) in [4.78, 5) is 0. The van der Waals surface area contributed by atoms with Crippen molar-refractivity contribution in [3.05, 3.63) is 63.9 Å². The Morgan fingerprint density at radius 2 is 2.10 bits per heavy atom. The third-order valence-electron chi connectivity index (χ3n) is 3.83. The standard InChI is InChI=1S/C17H17BrFNO/c1-11(14-10-12(18)6-7-15(14)19)20-16-8-9-21-17-5-3-2-4-13(16)17/h2-7,10-11,16,20H,8-9H2,1H3. The molecule has 1 N–H and O–H groups in total. The van der Waals surface area contributed by atoms with E-state index < -0.39 is 0 Å². The molecule has 0 aliphatic carbocycles. The van der Waals surface area contributed by atoms with E-state index in [9.17, 15) is 4.39 Å². The van der Waals surface area contributed by atoms with Gasteiger partial charge in [-0.15, -0.1) is 0 Å². The first kappa shape index (κ1) is 14.5. The van der Waals surface area contributed by atoms with Gasteiger partial charge in [0.1, 0.15) is 11.6 Å². The average molecular weight is 350 g/mol. The molecule has 0 fully saturated rings. The van der Waals surface area contributed by atoms with Gasteiger partial charge in [-0.25, -0.2) is 4.39 Å². The van der Waals surface area contributed by atoms with Crippen LogP contribution in [0.1, 0.15) is 36.6 Å². The second kappa shape index (κ2) is 6.16. The van der Waals surface area contributed by atoms with Crippen LogP contribution in [0.25, 0.3) is 0 Å². The van der Waals surface area contributed by atoms with Crippen molar-refractivity contribution in [1.29, 1.82) is 0 Å². The first-order chi connectivity index (χ1) is 10.1. The lowest BCUT2D eigenvalue weighted by atomic mass is 9.98. The minimum Gasteiger partial charge on any atom is -0.493 e. The largest absolute Gasteiger partial charge is 0.493 e. The van der Waals surface area contributed by atoms with Gasteiger partial charge in [0.15, 0.2) is 0 Å². The molecule has 0 amide bonds. The summed E-state index contributed by atoms with van der Waals surface area (Å²) < 4.78 is 20.5. The van der Waals surface area contributed by atoms with E-state index in [1.165, 1.54) is 6.07 Å². The number of ether oxygens (including phenoxy) is 1. The van der Waals surface area contributed by atoms with Gasteiger partial charge in [-0.3, -0.25) is 0 Å². The first-order valence-electron chi connectivity index (χ1n) is 7.08. The van der Waals surface area contributed by atoms with E-state index in [-0.39, 0.29) is 17.9 Å². The van der Waals surface area contributed by atoms with E-state index in [0.29, 0.717) is 12.2 Å². The summed E-state index contributed by atoms with van der Waals surface area (Å²) in [5.74, 6) is 0.738. The maximum absolute atomic E-state index is 14.0. The predicted octanol–water partition coefficient (Wildman–Crippen LogP) is 4.76. The zero-order chi connectivity index (χ0) is 14.8. The number of rotatable bonds is 3. The molecule has 0 saturated heterocycles. The minimum absolute atomic E-state index is 0.0707. The van der Waals surface area contributed by atoms with E-state index in [4.69, 9.17) is 4.74 Å². The fourth-order valence-electron chi connectivity index (χ4n) is 2.75. The molecule has 0 spiro atoms. The van der Waals surface area contributed by atoms with Crippen LogP contribution >= 0.6 is 15.9 Å². The highest BCUT2D eigenvalue weighted by Crippen LogP contribution is 2.33. The molecule has 110 valence electrons. The molecule has 2 nitrogen and oxygen atoms in total. The maximum Gasteiger partial charge on any atom is 0.128 e. The summed E-state index contributed by atoms with van der Waals surface area (Å²) in [5, 5.41) is 3.52. The van der Waals surface area contributed by atoms with Gasteiger partial charge in [-0.2, -0.15) is 0 Å². The summed E-state index contributed by atoms with van der Waals surface area (Å²) in [6.45, 7) is 2.67. The maximum atomic E-state index is 14.0. The van der Waals surface area contributed by atoms with Gasteiger partial charge >= 0.3 is 0 Å². The lowest BCUT2D eigenvalue weighted by molar-refractivity contribution is 0.245. The van der Waals surface area contributed by atoms with Gasteiger partial charge in [0, 0.05) is 34.1 Å². The number of halogens is 2. The van der Waals surface area contributed by atoms with E-state index in [2.05, 4.69) is 27.3 Å². The highest BCUT2D eigenvalue weighted by Gasteiger charge is 2.23. The van der Waals surface area contributed by atoms with Crippen LogP contribution in [0.2, 0.25) is 0 Å². The third kappa shape index (κ3) is 3.11. The topological polar surface area (TPSA) is 21.3 Å². The van der Waals surface area contributed by atoms with Crippen molar-refractivity contribution in [2.45, 2.75) is 25.4 Å². The number of hydrogen-bond acceptors (Lipinski definition) is 2. The van der Waals surface area contributed by atoms with Crippen LogP contribution in [0.15, 0.2) is 46.9 Å². The summed E-state index contributed by atoms with van der Waals surface area (Å²) in [6, 6.07) is 13.2.